The average molecular weight is 460 g/mol. The predicted octanol–water partition coefficient (Wildman–Crippen LogP) is 1.86. The number of ether oxygens (including phenoxy) is 1. The first-order chi connectivity index (χ1) is 14.1. The van der Waals surface area contributed by atoms with Crippen LogP contribution in [0.5, 0.6) is 5.75 Å². The number of aromatic nitrogens is 2. The van der Waals surface area contributed by atoms with Crippen molar-refractivity contribution in [3.05, 3.63) is 56.7 Å². The number of phosphoric acid groups is 1. The van der Waals surface area contributed by atoms with Crippen molar-refractivity contribution in [3.8, 4) is 5.75 Å². The molecule has 2 aliphatic heterocycles. The van der Waals surface area contributed by atoms with E-state index < -0.39 is 44.4 Å². The van der Waals surface area contributed by atoms with E-state index in [4.69, 9.17) is 30.5 Å². The number of aryl methyl sites for hydroxylation is 1. The molecule has 1 aromatic carbocycles. The number of aromatic amines is 1. The fraction of sp³-hybridized carbons (Fsp3) is 0.412. The monoisotopic (exact) mass is 460 g/mol. The molecule has 1 unspecified atom stereocenters. The average Bonchev–Trinajstić information content (AvgIpc) is 2.92. The molecule has 2 aliphatic rings. The minimum Gasteiger partial charge on any atom is -0.403 e. The van der Waals surface area contributed by atoms with Gasteiger partial charge >= 0.3 is 13.5 Å². The Morgan fingerprint density at radius 3 is 2.93 bits per heavy atom. The smallest absolute Gasteiger partial charge is 0.403 e. The highest BCUT2D eigenvalue weighted by molar-refractivity contribution is 7.71. The van der Waals surface area contributed by atoms with Crippen LogP contribution in [0.4, 0.5) is 4.39 Å². The van der Waals surface area contributed by atoms with Crippen LogP contribution in [-0.2, 0) is 25.0 Å². The van der Waals surface area contributed by atoms with E-state index in [1.807, 2.05) is 0 Å². The lowest BCUT2D eigenvalue weighted by Gasteiger charge is -2.29. The van der Waals surface area contributed by atoms with Gasteiger partial charge in [0.15, 0.2) is 6.23 Å². The van der Waals surface area contributed by atoms with E-state index >= 15 is 4.39 Å². The molecule has 0 amide bonds. The second-order valence-electron chi connectivity index (χ2n) is 6.90. The molecule has 5 atom stereocenters. The van der Waals surface area contributed by atoms with Gasteiger partial charge in [-0.15, -0.1) is 0 Å². The van der Waals surface area contributed by atoms with Crippen molar-refractivity contribution in [1.29, 1.82) is 0 Å². The van der Waals surface area contributed by atoms with Crippen LogP contribution in [0.1, 0.15) is 17.4 Å². The van der Waals surface area contributed by atoms with Gasteiger partial charge in [-0.3, -0.25) is 18.6 Å². The van der Waals surface area contributed by atoms with Gasteiger partial charge in [0, 0.05) is 11.8 Å². The molecule has 0 bridgehead atoms. The molecule has 3 heterocycles. The molecule has 3 N–H and O–H groups in total. The summed E-state index contributed by atoms with van der Waals surface area (Å²) in [5.41, 5.74) is 0.555. The number of nitrogens with one attached hydrogen (secondary N) is 1. The van der Waals surface area contributed by atoms with Crippen molar-refractivity contribution in [2.75, 3.05) is 6.61 Å². The Balaban J connectivity index is 1.52. The first-order valence-electron chi connectivity index (χ1n) is 8.83. The quantitative estimate of drug-likeness (QED) is 0.462. The van der Waals surface area contributed by atoms with Gasteiger partial charge in [-0.05, 0) is 18.6 Å². The number of para-hydroxylation sites is 1. The molecule has 0 spiro atoms. The van der Waals surface area contributed by atoms with Crippen LogP contribution in [0.2, 0.25) is 0 Å². The molecular formula is C17H18FN2O8PS. The highest BCUT2D eigenvalue weighted by atomic mass is 32.1. The molecule has 13 heteroatoms. The van der Waals surface area contributed by atoms with Crippen LogP contribution >= 0.6 is 20.0 Å². The molecule has 1 aromatic heterocycles. The summed E-state index contributed by atoms with van der Waals surface area (Å²) in [5.74, 6) is -2.69. The number of benzene rings is 1. The van der Waals surface area contributed by atoms with E-state index in [-0.39, 0.29) is 11.2 Å². The summed E-state index contributed by atoms with van der Waals surface area (Å²) < 4.78 is 49.6. The molecule has 1 fully saturated rings. The van der Waals surface area contributed by atoms with Crippen molar-refractivity contribution in [3.63, 3.8) is 0 Å². The van der Waals surface area contributed by atoms with Crippen molar-refractivity contribution >= 4 is 20.0 Å². The summed E-state index contributed by atoms with van der Waals surface area (Å²) in [6.07, 6.45) is -4.32. The van der Waals surface area contributed by atoms with E-state index in [2.05, 4.69) is 4.98 Å². The summed E-state index contributed by atoms with van der Waals surface area (Å²) in [6.45, 7) is 0.567. The first kappa shape index (κ1) is 21.3. The molecule has 162 valence electrons. The van der Waals surface area contributed by atoms with Crippen molar-refractivity contribution < 1.29 is 37.5 Å². The van der Waals surface area contributed by atoms with E-state index in [1.54, 1.807) is 25.1 Å². The number of hydrogen-bond acceptors (Lipinski definition) is 9. The Labute approximate surface area is 174 Å². The normalized spacial score (nSPS) is 33.1. The molecule has 10 nitrogen and oxygen atoms in total. The standard InChI is InChI=1S/C17H18FN2O8PS/c1-9-3-2-4-10-7-25-29(24,28-13(9)10)26-8-17(18)14(22)12(21)15(27-17)20-6-5-11(30)19-16(20)23/h2-6,12,14-15,21-22H,7-8H2,1H3,(H,19,23,30)/t12-,14+,15-,17-,29?/m1/s1. The van der Waals surface area contributed by atoms with Crippen LogP contribution in [-0.4, -0.2) is 44.4 Å². The van der Waals surface area contributed by atoms with Crippen molar-refractivity contribution in [2.45, 2.75) is 37.8 Å². The topological polar surface area (TPSA) is 132 Å². The number of alkyl halides is 1. The van der Waals surface area contributed by atoms with Crippen molar-refractivity contribution in [2.24, 2.45) is 0 Å². The number of aliphatic hydroxyl groups excluding tert-OH is 2. The zero-order valence-electron chi connectivity index (χ0n) is 15.6. The molecule has 1 saturated heterocycles. The van der Waals surface area contributed by atoms with Gasteiger partial charge in [0.05, 0.1) is 6.61 Å². The molecule has 0 radical (unpaired) electrons. The summed E-state index contributed by atoms with van der Waals surface area (Å²) >= 11 is 4.82. The van der Waals surface area contributed by atoms with Gasteiger partial charge in [-0.25, -0.2) is 13.8 Å². The van der Waals surface area contributed by atoms with Crippen LogP contribution < -0.4 is 10.2 Å². The van der Waals surface area contributed by atoms with Crippen LogP contribution in [0.25, 0.3) is 0 Å². The second kappa shape index (κ2) is 7.65. The zero-order valence-corrected chi connectivity index (χ0v) is 17.3. The molecule has 0 saturated carbocycles. The highest BCUT2D eigenvalue weighted by Crippen LogP contribution is 2.56. The van der Waals surface area contributed by atoms with Crippen LogP contribution in [0.15, 0.2) is 35.3 Å². The fourth-order valence-electron chi connectivity index (χ4n) is 3.19. The largest absolute Gasteiger partial charge is 0.530 e. The van der Waals surface area contributed by atoms with Gasteiger partial charge in [-0.2, -0.15) is 0 Å². The van der Waals surface area contributed by atoms with Crippen LogP contribution in [0.3, 0.4) is 0 Å². The lowest BCUT2D eigenvalue weighted by Crippen LogP contribution is -2.43. The zero-order chi connectivity index (χ0) is 21.7. The van der Waals surface area contributed by atoms with Gasteiger partial charge in [-0.1, -0.05) is 30.4 Å². The van der Waals surface area contributed by atoms with Crippen molar-refractivity contribution in [1.82, 2.24) is 9.55 Å². The lowest BCUT2D eigenvalue weighted by molar-refractivity contribution is -0.205. The fourth-order valence-corrected chi connectivity index (χ4v) is 4.64. The Hall–Kier alpha value is -1.92. The first-order valence-corrected chi connectivity index (χ1v) is 10.7. The Bertz CT molecular complexity index is 1140. The number of phosphoric ester groups is 1. The summed E-state index contributed by atoms with van der Waals surface area (Å²) in [5, 5.41) is 20.4. The van der Waals surface area contributed by atoms with E-state index in [0.29, 0.717) is 16.9 Å². The number of hydrogen-bond donors (Lipinski definition) is 3. The van der Waals surface area contributed by atoms with Gasteiger partial charge in [0.1, 0.15) is 29.2 Å². The molecule has 2 aromatic rings. The number of halogens is 1. The number of fused-ring (bicyclic) bond motifs is 1. The van der Waals surface area contributed by atoms with Crippen LogP contribution in [0, 0.1) is 11.6 Å². The summed E-state index contributed by atoms with van der Waals surface area (Å²) in [7, 11) is -4.22. The second-order valence-corrected chi connectivity index (χ2v) is 8.93. The summed E-state index contributed by atoms with van der Waals surface area (Å²) in [6, 6.07) is 6.56. The van der Waals surface area contributed by atoms with Gasteiger partial charge in [0.2, 0.25) is 0 Å². The highest BCUT2D eigenvalue weighted by Gasteiger charge is 2.57. The third-order valence-electron chi connectivity index (χ3n) is 4.79. The molecule has 30 heavy (non-hydrogen) atoms. The SMILES string of the molecule is Cc1cccc2c1OP(=O)(OC[C@@]1(F)O[C@@H](n3ccc(=S)[nH]c3=O)[C@H](O)[C@@H]1O)OC2. The minimum absolute atomic E-state index is 0.0824. The molecular weight excluding hydrogens is 442 g/mol. The molecule has 4 rings (SSSR count). The maximum atomic E-state index is 15.3. The Kier molecular flexibility index (Phi) is 5.43. The number of rotatable bonds is 4. The Morgan fingerprint density at radius 2 is 2.20 bits per heavy atom. The maximum Gasteiger partial charge on any atom is 0.530 e. The number of H-pyrrole nitrogens is 1. The third kappa shape index (κ3) is 3.76. The number of nitrogens with zero attached hydrogens (tertiary/aromatic N) is 1. The predicted molar refractivity (Wildman–Crippen MR) is 102 cm³/mol. The van der Waals surface area contributed by atoms with E-state index in [0.717, 1.165) is 4.57 Å². The Morgan fingerprint density at radius 1 is 1.43 bits per heavy atom. The number of aliphatic hydroxyl groups is 2. The third-order valence-corrected chi connectivity index (χ3v) is 6.33. The van der Waals surface area contributed by atoms with E-state index in [1.165, 1.54) is 12.3 Å². The van der Waals surface area contributed by atoms with Gasteiger partial charge in [0.25, 0.3) is 5.85 Å². The summed E-state index contributed by atoms with van der Waals surface area (Å²) in [4.78, 5) is 14.3. The van der Waals surface area contributed by atoms with E-state index in [9.17, 15) is 19.6 Å². The lowest BCUT2D eigenvalue weighted by atomic mass is 10.1. The molecule has 0 aliphatic carbocycles. The maximum absolute atomic E-state index is 15.3. The van der Waals surface area contributed by atoms with Gasteiger partial charge < -0.3 is 19.5 Å². The minimum atomic E-state index is -4.22.